The van der Waals surface area contributed by atoms with Gasteiger partial charge in [0.25, 0.3) is 0 Å². The Morgan fingerprint density at radius 2 is 1.43 bits per heavy atom. The van der Waals surface area contributed by atoms with E-state index in [2.05, 4.69) is 120 Å². The fraction of sp³-hybridized carbons (Fsp3) is 0.302. The molecular weight excluding hydrogens is 597 g/mol. The molecule has 0 amide bonds. The van der Waals surface area contributed by atoms with Gasteiger partial charge >= 0.3 is 0 Å². The molecule has 4 heteroatoms. The first-order chi connectivity index (χ1) is 22.6. The van der Waals surface area contributed by atoms with Gasteiger partial charge in [-0.3, -0.25) is 0 Å². The van der Waals surface area contributed by atoms with Crippen LogP contribution in [0.1, 0.15) is 66.6 Å². The Labute approximate surface area is 283 Å². The van der Waals surface area contributed by atoms with Crippen molar-refractivity contribution in [3.63, 3.8) is 0 Å². The minimum atomic E-state index is -0.813. The quantitative estimate of drug-likeness (QED) is 0.191. The van der Waals surface area contributed by atoms with Crippen LogP contribution in [0, 0.1) is 25.7 Å². The smallest absolute Gasteiger partial charge is 0.178 e. The van der Waals surface area contributed by atoms with E-state index in [4.69, 9.17) is 14.2 Å². The van der Waals surface area contributed by atoms with Crippen LogP contribution in [0.25, 0.3) is 28.0 Å². The zero-order chi connectivity index (χ0) is 32.7. The zero-order valence-corrected chi connectivity index (χ0v) is 29.2. The maximum absolute atomic E-state index is 7.51. The Morgan fingerprint density at radius 1 is 0.745 bits per heavy atom. The molecule has 0 radical (unpaired) electrons. The van der Waals surface area contributed by atoms with E-state index in [1.54, 1.807) is 7.11 Å². The number of rotatable bonds is 5. The number of fused-ring (bicyclic) bond motifs is 9. The third-order valence-electron chi connectivity index (χ3n) is 10.5. The summed E-state index contributed by atoms with van der Waals surface area (Å²) in [6.07, 6.45) is 6.58. The first kappa shape index (κ1) is 30.2. The lowest BCUT2D eigenvalue weighted by Gasteiger charge is -2.38. The largest absolute Gasteiger partial charge is 0.497 e. The molecular formula is C43H42O3S. The fourth-order valence-corrected chi connectivity index (χ4v) is 9.32. The average Bonchev–Trinajstić information content (AvgIpc) is 3.48. The second-order valence-corrected chi connectivity index (χ2v) is 15.4. The molecule has 0 saturated heterocycles. The third kappa shape index (κ3) is 4.55. The molecule has 2 heterocycles. The van der Waals surface area contributed by atoms with Gasteiger partial charge in [-0.1, -0.05) is 111 Å². The maximum Gasteiger partial charge on any atom is 0.178 e. The normalized spacial score (nSPS) is 18.7. The molecule has 3 nitrogen and oxygen atoms in total. The average molecular weight is 639 g/mol. The van der Waals surface area contributed by atoms with Crippen molar-refractivity contribution < 1.29 is 14.2 Å². The second kappa shape index (κ2) is 11.0. The van der Waals surface area contributed by atoms with E-state index in [0.29, 0.717) is 11.8 Å². The molecule has 0 bridgehead atoms. The van der Waals surface area contributed by atoms with Gasteiger partial charge in [-0.2, -0.15) is 0 Å². The zero-order valence-electron chi connectivity index (χ0n) is 28.4. The summed E-state index contributed by atoms with van der Waals surface area (Å²) in [5.74, 6) is 3.40. The van der Waals surface area contributed by atoms with E-state index >= 15 is 0 Å². The molecule has 0 spiro atoms. The van der Waals surface area contributed by atoms with Crippen LogP contribution in [0.15, 0.2) is 89.8 Å². The van der Waals surface area contributed by atoms with Crippen molar-refractivity contribution in [3.8, 4) is 28.4 Å². The molecule has 8 rings (SSSR count). The summed E-state index contributed by atoms with van der Waals surface area (Å²) in [6.45, 7) is 13.4. The van der Waals surface area contributed by atoms with Crippen molar-refractivity contribution >= 4 is 28.6 Å². The highest BCUT2D eigenvalue weighted by Crippen LogP contribution is 2.58. The minimum Gasteiger partial charge on any atom is -0.497 e. The first-order valence-corrected chi connectivity index (χ1v) is 17.7. The summed E-state index contributed by atoms with van der Waals surface area (Å²) >= 11 is 1.90. The van der Waals surface area contributed by atoms with Crippen LogP contribution in [-0.4, -0.2) is 12.0 Å². The summed E-state index contributed by atoms with van der Waals surface area (Å²) < 4.78 is 20.0. The SMILES string of the molecule is COc1ccc(C2(c3ccc(C)cc3)C=Cc3c4c(c5cc6c(cc5c3O2)OC(C(C)C)(C(C)C)S6)-c2ccc(C)cc2CC4)cc1. The molecule has 3 aliphatic rings. The summed E-state index contributed by atoms with van der Waals surface area (Å²) in [4.78, 5) is 0.900. The van der Waals surface area contributed by atoms with Crippen molar-refractivity contribution in [2.45, 2.75) is 69.8 Å². The van der Waals surface area contributed by atoms with Crippen molar-refractivity contribution in [2.24, 2.45) is 11.8 Å². The predicted molar refractivity (Wildman–Crippen MR) is 195 cm³/mol. The number of methoxy groups -OCH3 is 1. The minimum absolute atomic E-state index is 0.315. The number of aryl methyl sites for hydroxylation is 3. The Morgan fingerprint density at radius 3 is 2.11 bits per heavy atom. The van der Waals surface area contributed by atoms with Gasteiger partial charge in [-0.05, 0) is 84.7 Å². The lowest BCUT2D eigenvalue weighted by atomic mass is 9.77. The van der Waals surface area contributed by atoms with Gasteiger partial charge in [0, 0.05) is 33.9 Å². The van der Waals surface area contributed by atoms with E-state index < -0.39 is 5.60 Å². The number of ether oxygens (including phenoxy) is 3. The standard InChI is InChI=1S/C43H42O3S/c1-25(2)43(26(3)4)45-38-23-37-36(24-39(38)47-43)40-33-18-10-28(6)22-29(33)11-19-34(40)35-20-21-42(46-41(35)37,30-12-8-27(5)9-13-30)31-14-16-32(44-7)17-15-31/h8-10,12-18,20-26H,11,19H2,1-7H3. The second-order valence-electron chi connectivity index (χ2n) is 14.1. The van der Waals surface area contributed by atoms with E-state index in [1.807, 2.05) is 23.9 Å². The van der Waals surface area contributed by atoms with Crippen molar-refractivity contribution in [3.05, 3.63) is 124 Å². The summed E-state index contributed by atoms with van der Waals surface area (Å²) in [5.41, 5.74) is 10.5. The van der Waals surface area contributed by atoms with Gasteiger partial charge in [0.05, 0.1) is 12.0 Å². The topological polar surface area (TPSA) is 27.7 Å². The number of thioether (sulfide) groups is 1. The first-order valence-electron chi connectivity index (χ1n) is 16.9. The van der Waals surface area contributed by atoms with Gasteiger partial charge in [0.15, 0.2) is 10.5 Å². The van der Waals surface area contributed by atoms with Gasteiger partial charge < -0.3 is 14.2 Å². The molecule has 0 saturated carbocycles. The molecule has 0 fully saturated rings. The molecule has 2 aliphatic heterocycles. The third-order valence-corrected chi connectivity index (χ3v) is 12.4. The van der Waals surface area contributed by atoms with E-state index in [9.17, 15) is 0 Å². The van der Waals surface area contributed by atoms with Crippen LogP contribution in [-0.2, 0) is 18.4 Å². The molecule has 47 heavy (non-hydrogen) atoms. The van der Waals surface area contributed by atoms with E-state index in [0.717, 1.165) is 46.6 Å². The van der Waals surface area contributed by atoms with Crippen molar-refractivity contribution in [2.75, 3.05) is 7.11 Å². The van der Waals surface area contributed by atoms with Crippen LogP contribution in [0.5, 0.6) is 17.2 Å². The molecule has 0 N–H and O–H groups in total. The Balaban J connectivity index is 1.41. The van der Waals surface area contributed by atoms with Crippen molar-refractivity contribution in [1.29, 1.82) is 0 Å². The van der Waals surface area contributed by atoms with Crippen molar-refractivity contribution in [1.82, 2.24) is 0 Å². The predicted octanol–water partition coefficient (Wildman–Crippen LogP) is 11.1. The molecule has 5 aromatic carbocycles. The van der Waals surface area contributed by atoms with Crippen LogP contribution in [0.3, 0.4) is 0 Å². The van der Waals surface area contributed by atoms with Gasteiger partial charge in [0.1, 0.15) is 17.2 Å². The Kier molecular flexibility index (Phi) is 7.04. The summed E-state index contributed by atoms with van der Waals surface area (Å²) in [5, 5.41) is 2.34. The lowest BCUT2D eigenvalue weighted by Crippen LogP contribution is -2.40. The van der Waals surface area contributed by atoms with Crippen LogP contribution in [0.4, 0.5) is 0 Å². The van der Waals surface area contributed by atoms with Crippen LogP contribution >= 0.6 is 11.8 Å². The molecule has 238 valence electrons. The van der Waals surface area contributed by atoms with Gasteiger partial charge in [0.2, 0.25) is 0 Å². The van der Waals surface area contributed by atoms with Gasteiger partial charge in [-0.15, -0.1) is 0 Å². The molecule has 5 aromatic rings. The highest BCUT2D eigenvalue weighted by atomic mass is 32.2. The number of hydrogen-bond acceptors (Lipinski definition) is 4. The number of benzene rings is 5. The molecule has 0 aromatic heterocycles. The number of hydrogen-bond donors (Lipinski definition) is 0. The molecule has 1 aliphatic carbocycles. The summed E-state index contributed by atoms with van der Waals surface area (Å²) in [7, 11) is 1.71. The Hall–Kier alpha value is -4.15. The maximum atomic E-state index is 7.51. The fourth-order valence-electron chi connectivity index (χ4n) is 8.00. The van der Waals surface area contributed by atoms with E-state index in [-0.39, 0.29) is 4.93 Å². The van der Waals surface area contributed by atoms with Crippen LogP contribution in [0.2, 0.25) is 0 Å². The lowest BCUT2D eigenvalue weighted by molar-refractivity contribution is 0.0757. The monoisotopic (exact) mass is 638 g/mol. The van der Waals surface area contributed by atoms with E-state index in [1.165, 1.54) is 49.2 Å². The highest BCUT2D eigenvalue weighted by molar-refractivity contribution is 8.01. The van der Waals surface area contributed by atoms with Crippen LogP contribution < -0.4 is 14.2 Å². The molecule has 1 unspecified atom stereocenters. The molecule has 1 atom stereocenters. The highest BCUT2D eigenvalue weighted by Gasteiger charge is 2.47. The summed E-state index contributed by atoms with van der Waals surface area (Å²) in [6, 6.07) is 28.7. The Bertz CT molecular complexity index is 2060. The van der Waals surface area contributed by atoms with Gasteiger partial charge in [-0.25, -0.2) is 0 Å².